The number of benzene rings is 1. The maximum Gasteiger partial charge on any atom is 0.261 e. The Morgan fingerprint density at radius 1 is 1.04 bits per heavy atom. The zero-order valence-corrected chi connectivity index (χ0v) is 16.2. The summed E-state index contributed by atoms with van der Waals surface area (Å²) in [6, 6.07) is 9.93. The van der Waals surface area contributed by atoms with Crippen LogP contribution in [-0.4, -0.2) is 23.7 Å². The number of aromatic nitrogens is 5. The van der Waals surface area contributed by atoms with Crippen LogP contribution in [-0.2, 0) is 20.1 Å². The maximum atomic E-state index is 13.0. The summed E-state index contributed by atoms with van der Waals surface area (Å²) >= 11 is 0. The van der Waals surface area contributed by atoms with Gasteiger partial charge in [-0.15, -0.1) is 0 Å². The Balaban J connectivity index is 1.52. The van der Waals surface area contributed by atoms with Crippen LogP contribution in [0.15, 0.2) is 59.9 Å². The van der Waals surface area contributed by atoms with Crippen LogP contribution in [0, 0.1) is 12.3 Å². The molecular formula is C22H23N5O. The molecule has 0 radical (unpaired) electrons. The fourth-order valence-corrected chi connectivity index (χ4v) is 4.10. The molecular weight excluding hydrogens is 350 g/mol. The van der Waals surface area contributed by atoms with Gasteiger partial charge in [0.15, 0.2) is 0 Å². The van der Waals surface area contributed by atoms with Crippen LogP contribution in [0.1, 0.15) is 18.7 Å². The predicted octanol–water partition coefficient (Wildman–Crippen LogP) is 3.39. The average molecular weight is 373 g/mol. The number of hydrogen-bond acceptors (Lipinski definition) is 3. The Labute approximate surface area is 163 Å². The minimum Gasteiger partial charge on any atom is -0.335 e. The molecule has 5 rings (SSSR count). The average Bonchev–Trinajstić information content (AvgIpc) is 3.09. The maximum absolute atomic E-state index is 13.0. The number of rotatable bonds is 5. The van der Waals surface area contributed by atoms with Crippen LogP contribution >= 0.6 is 0 Å². The molecule has 0 saturated heterocycles. The van der Waals surface area contributed by atoms with Crippen LogP contribution < -0.4 is 5.56 Å². The molecule has 0 spiro atoms. The molecule has 1 aliphatic rings. The van der Waals surface area contributed by atoms with E-state index in [1.165, 1.54) is 12.8 Å². The molecule has 0 amide bonds. The van der Waals surface area contributed by atoms with Gasteiger partial charge >= 0.3 is 0 Å². The lowest BCUT2D eigenvalue weighted by molar-refractivity contribution is 0.360. The molecule has 6 nitrogen and oxygen atoms in total. The molecule has 3 heterocycles. The Kier molecular flexibility index (Phi) is 3.75. The summed E-state index contributed by atoms with van der Waals surface area (Å²) in [4.78, 5) is 21.9. The van der Waals surface area contributed by atoms with E-state index >= 15 is 0 Å². The second-order valence-electron chi connectivity index (χ2n) is 7.96. The lowest BCUT2D eigenvalue weighted by Gasteiger charge is -2.19. The summed E-state index contributed by atoms with van der Waals surface area (Å²) in [6.07, 6.45) is 10.0. The highest BCUT2D eigenvalue weighted by Crippen LogP contribution is 2.49. The van der Waals surface area contributed by atoms with E-state index in [9.17, 15) is 4.79 Å². The number of pyridine rings is 1. The van der Waals surface area contributed by atoms with Gasteiger partial charge in [-0.25, -0.2) is 9.97 Å². The van der Waals surface area contributed by atoms with Gasteiger partial charge < -0.3 is 13.7 Å². The molecule has 4 aromatic rings. The highest BCUT2D eigenvalue weighted by molar-refractivity contribution is 5.83. The first-order chi connectivity index (χ1) is 13.6. The van der Waals surface area contributed by atoms with E-state index in [0.29, 0.717) is 5.56 Å². The predicted molar refractivity (Wildman–Crippen MR) is 109 cm³/mol. The summed E-state index contributed by atoms with van der Waals surface area (Å²) in [5.74, 6) is 1.79. The monoisotopic (exact) mass is 373 g/mol. The number of para-hydroxylation sites is 1. The molecule has 0 aliphatic heterocycles. The van der Waals surface area contributed by atoms with Crippen molar-refractivity contribution in [2.75, 3.05) is 0 Å². The van der Waals surface area contributed by atoms with Crippen molar-refractivity contribution in [3.05, 3.63) is 71.3 Å². The Bertz CT molecular complexity index is 1230. The Morgan fingerprint density at radius 2 is 1.75 bits per heavy atom. The standard InChI is InChI=1S/C22H23N5O/c1-16-23-9-11-26(16)14-22(7-8-22)15-27-12-10-24-20(27)18-13-17-5-3-4-6-19(17)25(2)21(18)28/h3-6,9-13H,7-8,14-15H2,1-2H3. The van der Waals surface area contributed by atoms with Crippen LogP contribution in [0.5, 0.6) is 0 Å². The van der Waals surface area contributed by atoms with E-state index in [-0.39, 0.29) is 11.0 Å². The van der Waals surface area contributed by atoms with Gasteiger partial charge in [0, 0.05) is 50.3 Å². The van der Waals surface area contributed by atoms with Crippen molar-refractivity contribution in [1.82, 2.24) is 23.7 Å². The normalized spacial score (nSPS) is 15.2. The van der Waals surface area contributed by atoms with E-state index in [1.54, 1.807) is 10.8 Å². The molecule has 1 aliphatic carbocycles. The minimum absolute atomic E-state index is 0.0125. The molecule has 142 valence electrons. The second kappa shape index (κ2) is 6.19. The van der Waals surface area contributed by atoms with Crippen LogP contribution in [0.2, 0.25) is 0 Å². The molecule has 6 heteroatoms. The zero-order chi connectivity index (χ0) is 19.3. The van der Waals surface area contributed by atoms with E-state index in [0.717, 1.165) is 35.6 Å². The highest BCUT2D eigenvalue weighted by atomic mass is 16.1. The van der Waals surface area contributed by atoms with Gasteiger partial charge in [0.2, 0.25) is 0 Å². The number of imidazole rings is 2. The third-order valence-electron chi connectivity index (χ3n) is 5.98. The second-order valence-corrected chi connectivity index (χ2v) is 7.96. The van der Waals surface area contributed by atoms with Crippen molar-refractivity contribution in [3.8, 4) is 11.4 Å². The van der Waals surface area contributed by atoms with E-state index in [2.05, 4.69) is 19.1 Å². The Morgan fingerprint density at radius 3 is 2.50 bits per heavy atom. The molecule has 1 saturated carbocycles. The quantitative estimate of drug-likeness (QED) is 0.539. The van der Waals surface area contributed by atoms with Crippen molar-refractivity contribution in [2.45, 2.75) is 32.9 Å². The number of fused-ring (bicyclic) bond motifs is 1. The Hall–Kier alpha value is -3.15. The molecule has 0 N–H and O–H groups in total. The topological polar surface area (TPSA) is 57.6 Å². The number of hydrogen-bond donors (Lipinski definition) is 0. The summed E-state index contributed by atoms with van der Waals surface area (Å²) in [6.45, 7) is 3.85. The van der Waals surface area contributed by atoms with Crippen LogP contribution in [0.25, 0.3) is 22.3 Å². The summed E-state index contributed by atoms with van der Waals surface area (Å²) in [5.41, 5.74) is 1.79. The van der Waals surface area contributed by atoms with Crippen LogP contribution in [0.3, 0.4) is 0 Å². The first-order valence-electron chi connectivity index (χ1n) is 9.64. The molecule has 3 aromatic heterocycles. The van der Waals surface area contributed by atoms with Crippen molar-refractivity contribution in [1.29, 1.82) is 0 Å². The van der Waals surface area contributed by atoms with E-state index in [4.69, 9.17) is 0 Å². The lowest BCUT2D eigenvalue weighted by atomic mass is 10.1. The smallest absolute Gasteiger partial charge is 0.261 e. The molecule has 1 aromatic carbocycles. The van der Waals surface area contributed by atoms with Crippen molar-refractivity contribution < 1.29 is 0 Å². The third kappa shape index (κ3) is 2.76. The summed E-state index contributed by atoms with van der Waals surface area (Å²) in [7, 11) is 1.83. The molecule has 0 atom stereocenters. The SMILES string of the molecule is Cc1nccn1CC1(Cn2ccnc2-c2cc3ccccc3n(C)c2=O)CC1. The summed E-state index contributed by atoms with van der Waals surface area (Å²) < 4.78 is 6.08. The van der Waals surface area contributed by atoms with Crippen LogP contribution in [0.4, 0.5) is 0 Å². The molecule has 28 heavy (non-hydrogen) atoms. The number of nitrogens with zero attached hydrogens (tertiary/aromatic N) is 5. The van der Waals surface area contributed by atoms with Crippen molar-refractivity contribution in [2.24, 2.45) is 12.5 Å². The molecule has 0 unspecified atom stereocenters. The lowest BCUT2D eigenvalue weighted by Crippen LogP contribution is -2.22. The van der Waals surface area contributed by atoms with Gasteiger partial charge in [-0.05, 0) is 37.3 Å². The fourth-order valence-electron chi connectivity index (χ4n) is 4.10. The minimum atomic E-state index is -0.0125. The molecule has 0 bridgehead atoms. The van der Waals surface area contributed by atoms with Gasteiger partial charge in [0.05, 0.1) is 11.1 Å². The highest BCUT2D eigenvalue weighted by Gasteiger charge is 2.43. The third-order valence-corrected chi connectivity index (χ3v) is 5.98. The first-order valence-corrected chi connectivity index (χ1v) is 9.64. The van der Waals surface area contributed by atoms with Gasteiger partial charge in [-0.2, -0.15) is 0 Å². The van der Waals surface area contributed by atoms with Crippen molar-refractivity contribution >= 4 is 10.9 Å². The van der Waals surface area contributed by atoms with Gasteiger partial charge in [0.25, 0.3) is 5.56 Å². The van der Waals surface area contributed by atoms with Gasteiger partial charge in [-0.3, -0.25) is 4.79 Å². The largest absolute Gasteiger partial charge is 0.335 e. The fraction of sp³-hybridized carbons (Fsp3) is 0.318. The van der Waals surface area contributed by atoms with E-state index < -0.39 is 0 Å². The van der Waals surface area contributed by atoms with Gasteiger partial charge in [-0.1, -0.05) is 18.2 Å². The summed E-state index contributed by atoms with van der Waals surface area (Å²) in [5, 5.41) is 1.05. The molecule has 1 fully saturated rings. The first kappa shape index (κ1) is 17.0. The van der Waals surface area contributed by atoms with E-state index in [1.807, 2.05) is 62.9 Å². The van der Waals surface area contributed by atoms with Gasteiger partial charge in [0.1, 0.15) is 11.6 Å². The zero-order valence-electron chi connectivity index (χ0n) is 16.2. The number of aryl methyl sites for hydroxylation is 2. The van der Waals surface area contributed by atoms with Crippen molar-refractivity contribution in [3.63, 3.8) is 0 Å².